The molecule has 0 bridgehead atoms. The average molecular weight is 755 g/mol. The van der Waals surface area contributed by atoms with Crippen LogP contribution in [-0.2, 0) is 9.47 Å². The molecule has 56 heavy (non-hydrogen) atoms. The van der Waals surface area contributed by atoms with E-state index in [4.69, 9.17) is 54.1 Å². The largest absolute Gasteiger partial charge is 0.481 e. The van der Waals surface area contributed by atoms with Crippen molar-refractivity contribution in [3.05, 3.63) is 106 Å². The summed E-state index contributed by atoms with van der Waals surface area (Å²) in [7, 11) is 0. The number of nitro benzene ring substituents is 1. The Morgan fingerprint density at radius 2 is 1.02 bits per heavy atom. The smallest absolute Gasteiger partial charge is 0.341 e. The van der Waals surface area contributed by atoms with Crippen LogP contribution in [0, 0.1) is 59.5 Å². The summed E-state index contributed by atoms with van der Waals surface area (Å²) in [6, 6.07) is 21.6. The van der Waals surface area contributed by atoms with Gasteiger partial charge in [0.1, 0.15) is 73.8 Å². The standard InChI is InChI=1S/C42H34N4O10/c1-5-23-51-35-17-19-37(39(29-35)53-25-7-3)41(47)55-27-21-45(33-13-9-31(10-14-33)43-44-32-11-15-34(16-12-32)46(49)50)22-28-56-42(48)38-20-18-36(52-24-6-2)30-40(38)54-26-8-4/h1-4,9-20,29-30H,21-28H2. The SMILES string of the molecule is C#CCOc1ccc(C(=O)OCCN(CCOC(=O)c2ccc(OCC#C)cc2OCC#C)c2ccc(N=Nc3ccc([N+](=O)[O-])cc3)cc2)c(OCC#C)c1. The monoisotopic (exact) mass is 754 g/mol. The number of rotatable bonds is 20. The Balaban J connectivity index is 1.49. The van der Waals surface area contributed by atoms with Crippen LogP contribution in [0.15, 0.2) is 95.2 Å². The number of carbonyl (C=O) groups is 2. The molecule has 0 atom stereocenters. The molecule has 0 saturated carbocycles. The van der Waals surface area contributed by atoms with Crippen molar-refractivity contribution in [3.63, 3.8) is 0 Å². The van der Waals surface area contributed by atoms with Gasteiger partial charge < -0.3 is 33.3 Å². The van der Waals surface area contributed by atoms with E-state index >= 15 is 0 Å². The third-order valence-corrected chi connectivity index (χ3v) is 7.36. The zero-order valence-corrected chi connectivity index (χ0v) is 29.9. The summed E-state index contributed by atoms with van der Waals surface area (Å²) in [5, 5.41) is 19.3. The molecule has 0 N–H and O–H groups in total. The number of non-ortho nitro benzene ring substituents is 1. The van der Waals surface area contributed by atoms with Crippen LogP contribution in [0.25, 0.3) is 0 Å². The Hall–Kier alpha value is -7.94. The van der Waals surface area contributed by atoms with Gasteiger partial charge in [-0.05, 0) is 60.7 Å². The van der Waals surface area contributed by atoms with Crippen LogP contribution in [0.4, 0.5) is 22.7 Å². The lowest BCUT2D eigenvalue weighted by molar-refractivity contribution is -0.384. The van der Waals surface area contributed by atoms with Crippen LogP contribution in [0.5, 0.6) is 23.0 Å². The summed E-state index contributed by atoms with van der Waals surface area (Å²) >= 11 is 0. The highest BCUT2D eigenvalue weighted by atomic mass is 16.6. The highest BCUT2D eigenvalue weighted by molar-refractivity contribution is 5.93. The van der Waals surface area contributed by atoms with Gasteiger partial charge in [0.25, 0.3) is 5.69 Å². The van der Waals surface area contributed by atoms with Crippen molar-refractivity contribution in [1.82, 2.24) is 0 Å². The fourth-order valence-corrected chi connectivity index (χ4v) is 4.76. The lowest BCUT2D eigenvalue weighted by atomic mass is 10.2. The Kier molecular flexibility index (Phi) is 15.7. The molecule has 0 aliphatic heterocycles. The summed E-state index contributed by atoms with van der Waals surface area (Å²) in [5.41, 5.74) is 1.77. The Bertz CT molecular complexity index is 2090. The quantitative estimate of drug-likeness (QED) is 0.0315. The first kappa shape index (κ1) is 40.8. The molecule has 0 aromatic heterocycles. The molecule has 0 unspecified atom stereocenters. The summed E-state index contributed by atoms with van der Waals surface area (Å²) in [5.74, 6) is 9.16. The number of anilines is 1. The summed E-state index contributed by atoms with van der Waals surface area (Å²) in [6.07, 6.45) is 21.3. The second kappa shape index (κ2) is 21.6. The van der Waals surface area contributed by atoms with Crippen LogP contribution in [0.2, 0.25) is 0 Å². The van der Waals surface area contributed by atoms with E-state index in [0.717, 1.165) is 0 Å². The second-order valence-electron chi connectivity index (χ2n) is 11.0. The maximum atomic E-state index is 13.2. The lowest BCUT2D eigenvalue weighted by Gasteiger charge is -2.25. The number of nitro groups is 1. The maximum absolute atomic E-state index is 13.2. The van der Waals surface area contributed by atoms with Crippen LogP contribution in [0.3, 0.4) is 0 Å². The van der Waals surface area contributed by atoms with E-state index in [9.17, 15) is 19.7 Å². The predicted molar refractivity (Wildman–Crippen MR) is 207 cm³/mol. The fourth-order valence-electron chi connectivity index (χ4n) is 4.76. The molecule has 0 aliphatic carbocycles. The number of ether oxygens (including phenoxy) is 6. The van der Waals surface area contributed by atoms with Crippen molar-refractivity contribution in [2.75, 3.05) is 57.6 Å². The summed E-state index contributed by atoms with van der Waals surface area (Å²) in [4.78, 5) is 38.7. The molecular weight excluding hydrogens is 720 g/mol. The Labute approximate surface area is 323 Å². The van der Waals surface area contributed by atoms with E-state index in [1.165, 1.54) is 48.5 Å². The highest BCUT2D eigenvalue weighted by Gasteiger charge is 2.19. The van der Waals surface area contributed by atoms with Crippen molar-refractivity contribution in [1.29, 1.82) is 0 Å². The van der Waals surface area contributed by atoms with Gasteiger partial charge in [-0.1, -0.05) is 23.7 Å². The molecule has 0 fully saturated rings. The van der Waals surface area contributed by atoms with Gasteiger partial charge in [0.15, 0.2) is 0 Å². The number of hydrogen-bond acceptors (Lipinski definition) is 13. The van der Waals surface area contributed by atoms with E-state index in [-0.39, 0.29) is 81.0 Å². The molecule has 4 rings (SSSR count). The first-order chi connectivity index (χ1) is 27.3. The number of esters is 2. The molecule has 282 valence electrons. The van der Waals surface area contributed by atoms with E-state index in [2.05, 4.69) is 33.9 Å². The van der Waals surface area contributed by atoms with Crippen molar-refractivity contribution in [3.8, 4) is 72.4 Å². The maximum Gasteiger partial charge on any atom is 0.341 e. The van der Waals surface area contributed by atoms with Gasteiger partial charge in [0.2, 0.25) is 0 Å². The normalized spacial score (nSPS) is 10.1. The van der Waals surface area contributed by atoms with Crippen LogP contribution >= 0.6 is 0 Å². The molecular formula is C42H34N4O10. The molecule has 14 heteroatoms. The lowest BCUT2D eigenvalue weighted by Crippen LogP contribution is -2.32. The molecule has 4 aromatic carbocycles. The van der Waals surface area contributed by atoms with E-state index in [1.54, 1.807) is 36.4 Å². The van der Waals surface area contributed by atoms with Crippen LogP contribution in [-0.4, -0.2) is 69.6 Å². The second-order valence-corrected chi connectivity index (χ2v) is 11.0. The topological polar surface area (TPSA) is 161 Å². The van der Waals surface area contributed by atoms with Crippen molar-refractivity contribution in [2.24, 2.45) is 10.2 Å². The van der Waals surface area contributed by atoms with Gasteiger partial charge in [-0.25, -0.2) is 9.59 Å². The van der Waals surface area contributed by atoms with Gasteiger partial charge >= 0.3 is 11.9 Å². The van der Waals surface area contributed by atoms with Gasteiger partial charge in [0.05, 0.1) is 29.4 Å². The number of azo groups is 1. The zero-order chi connectivity index (χ0) is 40.1. The molecule has 0 spiro atoms. The highest BCUT2D eigenvalue weighted by Crippen LogP contribution is 2.28. The number of benzene rings is 4. The van der Waals surface area contributed by atoms with Crippen molar-refractivity contribution < 1.29 is 42.9 Å². The third kappa shape index (κ3) is 12.3. The van der Waals surface area contributed by atoms with Crippen molar-refractivity contribution in [2.45, 2.75) is 0 Å². The molecule has 0 amide bonds. The molecule has 0 radical (unpaired) electrons. The van der Waals surface area contributed by atoms with Crippen LogP contribution < -0.4 is 23.8 Å². The molecule has 0 aliphatic rings. The van der Waals surface area contributed by atoms with Gasteiger partial charge in [-0.15, -0.1) is 25.7 Å². The number of carbonyl (C=O) groups excluding carboxylic acids is 2. The van der Waals surface area contributed by atoms with E-state index in [0.29, 0.717) is 28.6 Å². The van der Waals surface area contributed by atoms with Gasteiger partial charge in [0, 0.05) is 30.0 Å². The fraction of sp³-hybridized carbons (Fsp3) is 0.190. The molecule has 4 aromatic rings. The predicted octanol–water partition coefficient (Wildman–Crippen LogP) is 6.58. The van der Waals surface area contributed by atoms with E-state index < -0.39 is 16.9 Å². The first-order valence-electron chi connectivity index (χ1n) is 16.6. The van der Waals surface area contributed by atoms with Crippen molar-refractivity contribution >= 4 is 34.7 Å². The minimum absolute atomic E-state index is 0.0161. The molecule has 0 heterocycles. The van der Waals surface area contributed by atoms with Gasteiger partial charge in [-0.2, -0.15) is 10.2 Å². The van der Waals surface area contributed by atoms with E-state index in [1.807, 2.05) is 4.90 Å². The summed E-state index contributed by atoms with van der Waals surface area (Å²) < 4.78 is 33.2. The Morgan fingerprint density at radius 1 is 0.607 bits per heavy atom. The molecule has 0 saturated heterocycles. The number of terminal acetylenes is 4. The minimum Gasteiger partial charge on any atom is -0.481 e. The average Bonchev–Trinajstić information content (AvgIpc) is 3.22. The number of hydrogen-bond donors (Lipinski definition) is 0. The first-order valence-corrected chi connectivity index (χ1v) is 16.6. The third-order valence-electron chi connectivity index (χ3n) is 7.36. The van der Waals surface area contributed by atoms with Gasteiger partial charge in [-0.3, -0.25) is 10.1 Å². The Morgan fingerprint density at radius 3 is 1.43 bits per heavy atom. The number of nitrogens with zero attached hydrogens (tertiary/aromatic N) is 4. The summed E-state index contributed by atoms with van der Waals surface area (Å²) in [6.45, 7) is 0.0166. The minimum atomic E-state index is -0.678. The van der Waals surface area contributed by atoms with Crippen LogP contribution in [0.1, 0.15) is 20.7 Å². The zero-order valence-electron chi connectivity index (χ0n) is 29.9. The molecule has 14 nitrogen and oxygen atoms in total.